The van der Waals surface area contributed by atoms with Gasteiger partial charge in [-0.25, -0.2) is 0 Å². The summed E-state index contributed by atoms with van der Waals surface area (Å²) in [5, 5.41) is 11.0. The molecule has 0 atom stereocenters. The van der Waals surface area contributed by atoms with Crippen molar-refractivity contribution in [2.45, 2.75) is 58.8 Å². The molecule has 2 aromatic carbocycles. The summed E-state index contributed by atoms with van der Waals surface area (Å²) in [6.07, 6.45) is 0.746. The molecule has 0 aliphatic heterocycles. The molecule has 2 rings (SSSR count). The molecule has 142 valence electrons. The molecule has 0 unspecified atom stereocenters. The number of aromatic hydroxyl groups is 1. The molecule has 2 heteroatoms. The SMILES string of the molecule is CC(C)(C)c1cc(Cc2ccc([N+](C)(C)C)cc2)c(O)c(C(C)(C)C)c1. The topological polar surface area (TPSA) is 20.2 Å². The molecule has 2 nitrogen and oxygen atoms in total. The normalized spacial score (nSPS) is 13.1. The third-order valence-corrected chi connectivity index (χ3v) is 4.97. The molecule has 0 aliphatic rings. The number of benzene rings is 2. The van der Waals surface area contributed by atoms with E-state index in [9.17, 15) is 5.11 Å². The Morgan fingerprint density at radius 3 is 1.77 bits per heavy atom. The molecule has 0 saturated carbocycles. The Hall–Kier alpha value is -1.80. The summed E-state index contributed by atoms with van der Waals surface area (Å²) in [5.74, 6) is 0.446. The van der Waals surface area contributed by atoms with Crippen LogP contribution in [0.4, 0.5) is 5.69 Å². The number of rotatable bonds is 3. The van der Waals surface area contributed by atoms with E-state index in [2.05, 4.69) is 99.1 Å². The molecule has 2 aromatic rings. The molecular weight excluding hydrogens is 318 g/mol. The fourth-order valence-corrected chi connectivity index (χ4v) is 3.11. The maximum Gasteiger partial charge on any atom is 0.132 e. The maximum atomic E-state index is 11.0. The maximum absolute atomic E-state index is 11.0. The Bertz CT molecular complexity index is 766. The minimum Gasteiger partial charge on any atom is -0.507 e. The Morgan fingerprint density at radius 1 is 0.808 bits per heavy atom. The van der Waals surface area contributed by atoms with Crippen LogP contribution >= 0.6 is 0 Å². The summed E-state index contributed by atoms with van der Waals surface area (Å²) < 4.78 is 0.805. The van der Waals surface area contributed by atoms with Crippen molar-refractivity contribution in [1.29, 1.82) is 0 Å². The van der Waals surface area contributed by atoms with Crippen LogP contribution in [0.3, 0.4) is 0 Å². The quantitative estimate of drug-likeness (QED) is 0.693. The van der Waals surface area contributed by atoms with Crippen LogP contribution < -0.4 is 4.48 Å². The lowest BCUT2D eigenvalue weighted by Gasteiger charge is -2.27. The average Bonchev–Trinajstić information content (AvgIpc) is 2.46. The van der Waals surface area contributed by atoms with E-state index in [1.807, 2.05) is 0 Å². The summed E-state index contributed by atoms with van der Waals surface area (Å²) in [4.78, 5) is 0. The van der Waals surface area contributed by atoms with E-state index in [1.54, 1.807) is 0 Å². The van der Waals surface area contributed by atoms with Gasteiger partial charge < -0.3 is 5.11 Å². The molecule has 0 radical (unpaired) electrons. The van der Waals surface area contributed by atoms with Gasteiger partial charge in [0.15, 0.2) is 0 Å². The highest BCUT2D eigenvalue weighted by Gasteiger charge is 2.25. The van der Waals surface area contributed by atoms with Crippen LogP contribution in [-0.4, -0.2) is 26.2 Å². The number of quaternary nitrogens is 1. The van der Waals surface area contributed by atoms with Gasteiger partial charge >= 0.3 is 0 Å². The second kappa shape index (κ2) is 6.74. The van der Waals surface area contributed by atoms with Crippen molar-refractivity contribution in [2.24, 2.45) is 0 Å². The van der Waals surface area contributed by atoms with Crippen molar-refractivity contribution in [3.05, 3.63) is 58.7 Å². The number of phenols is 1. The molecule has 0 bridgehead atoms. The highest BCUT2D eigenvalue weighted by atomic mass is 16.3. The lowest BCUT2D eigenvalue weighted by Crippen LogP contribution is -2.34. The predicted octanol–water partition coefficient (Wildman–Crippen LogP) is 5.77. The Morgan fingerprint density at radius 2 is 1.35 bits per heavy atom. The molecule has 0 spiro atoms. The second-order valence-electron chi connectivity index (χ2n) is 10.4. The molecule has 0 heterocycles. The van der Waals surface area contributed by atoms with Crippen LogP contribution in [0.1, 0.15) is 63.8 Å². The predicted molar refractivity (Wildman–Crippen MR) is 114 cm³/mol. The van der Waals surface area contributed by atoms with E-state index in [0.29, 0.717) is 5.75 Å². The van der Waals surface area contributed by atoms with Crippen LogP contribution in [0.25, 0.3) is 0 Å². The van der Waals surface area contributed by atoms with Crippen LogP contribution in [0.15, 0.2) is 36.4 Å². The average molecular weight is 355 g/mol. The summed E-state index contributed by atoms with van der Waals surface area (Å²) in [7, 11) is 6.51. The molecule has 26 heavy (non-hydrogen) atoms. The highest BCUT2D eigenvalue weighted by molar-refractivity contribution is 5.51. The minimum atomic E-state index is -0.0896. The largest absolute Gasteiger partial charge is 0.507 e. The first-order chi connectivity index (χ1) is 11.7. The van der Waals surface area contributed by atoms with Gasteiger partial charge in [0.2, 0.25) is 0 Å². The summed E-state index contributed by atoms with van der Waals surface area (Å²) in [6, 6.07) is 13.1. The first-order valence-corrected chi connectivity index (χ1v) is 9.47. The Kier molecular flexibility index (Phi) is 5.31. The van der Waals surface area contributed by atoms with Gasteiger partial charge in [0.25, 0.3) is 0 Å². The van der Waals surface area contributed by atoms with Gasteiger partial charge in [-0.05, 0) is 45.2 Å². The van der Waals surface area contributed by atoms with Gasteiger partial charge in [-0.2, -0.15) is 0 Å². The fraction of sp³-hybridized carbons (Fsp3) is 0.500. The van der Waals surface area contributed by atoms with Crippen molar-refractivity contribution in [3.8, 4) is 5.75 Å². The number of hydrogen-bond donors (Lipinski definition) is 1. The first kappa shape index (κ1) is 20.5. The van der Waals surface area contributed by atoms with Crippen LogP contribution in [0.5, 0.6) is 5.75 Å². The van der Waals surface area contributed by atoms with E-state index in [0.717, 1.165) is 22.0 Å². The smallest absolute Gasteiger partial charge is 0.132 e. The molecule has 1 N–H and O–H groups in total. The van der Waals surface area contributed by atoms with Crippen molar-refractivity contribution >= 4 is 5.69 Å². The Balaban J connectivity index is 2.48. The minimum absolute atomic E-state index is 0.0516. The zero-order valence-corrected chi connectivity index (χ0v) is 18.1. The summed E-state index contributed by atoms with van der Waals surface area (Å²) >= 11 is 0. The van der Waals surface area contributed by atoms with Gasteiger partial charge in [-0.15, -0.1) is 0 Å². The lowest BCUT2D eigenvalue weighted by atomic mass is 9.78. The molecule has 0 aliphatic carbocycles. The standard InChI is InChI=1S/C24H35NO/c1-23(2,3)19-15-18(22(26)21(16-19)24(4,5)6)14-17-10-12-20(13-11-17)25(7,8)9/h10-13,15-16H,14H2,1-9H3/p+1. The zero-order valence-electron chi connectivity index (χ0n) is 18.1. The van der Waals surface area contributed by atoms with Crippen LogP contribution in [-0.2, 0) is 17.3 Å². The van der Waals surface area contributed by atoms with E-state index >= 15 is 0 Å². The first-order valence-electron chi connectivity index (χ1n) is 9.47. The van der Waals surface area contributed by atoms with Crippen LogP contribution in [0, 0.1) is 0 Å². The lowest BCUT2D eigenvalue weighted by molar-refractivity contribution is 0.439. The second-order valence-corrected chi connectivity index (χ2v) is 10.4. The van der Waals surface area contributed by atoms with Gasteiger partial charge in [0.1, 0.15) is 11.4 Å². The highest BCUT2D eigenvalue weighted by Crippen LogP contribution is 2.38. The van der Waals surface area contributed by atoms with Crippen molar-refractivity contribution in [2.75, 3.05) is 21.1 Å². The van der Waals surface area contributed by atoms with Crippen molar-refractivity contribution in [1.82, 2.24) is 4.48 Å². The van der Waals surface area contributed by atoms with Gasteiger partial charge in [-0.3, -0.25) is 4.48 Å². The van der Waals surface area contributed by atoms with Gasteiger partial charge in [-0.1, -0.05) is 65.8 Å². The van der Waals surface area contributed by atoms with E-state index in [4.69, 9.17) is 0 Å². The summed E-state index contributed by atoms with van der Waals surface area (Å²) in [5.41, 5.74) is 5.78. The fourth-order valence-electron chi connectivity index (χ4n) is 3.11. The van der Waals surface area contributed by atoms with Crippen LogP contribution in [0.2, 0.25) is 0 Å². The van der Waals surface area contributed by atoms with E-state index < -0.39 is 0 Å². The number of nitrogens with zero attached hydrogens (tertiary/aromatic N) is 1. The monoisotopic (exact) mass is 354 g/mol. The third-order valence-electron chi connectivity index (χ3n) is 4.97. The Labute approximate surface area is 160 Å². The van der Waals surface area contributed by atoms with Crippen molar-refractivity contribution in [3.63, 3.8) is 0 Å². The van der Waals surface area contributed by atoms with E-state index in [1.165, 1.54) is 16.8 Å². The third kappa shape index (κ3) is 4.67. The molecule has 0 aromatic heterocycles. The summed E-state index contributed by atoms with van der Waals surface area (Å²) in [6.45, 7) is 13.2. The van der Waals surface area contributed by atoms with E-state index in [-0.39, 0.29) is 10.8 Å². The number of phenolic OH excluding ortho intramolecular Hbond substituents is 1. The molecule has 0 fully saturated rings. The molecule has 0 saturated heterocycles. The van der Waals surface area contributed by atoms with Gasteiger partial charge in [0, 0.05) is 6.42 Å². The molecular formula is C24H36NO+. The zero-order chi connectivity index (χ0) is 19.9. The molecule has 0 amide bonds. The van der Waals surface area contributed by atoms with Crippen molar-refractivity contribution < 1.29 is 5.11 Å². The number of hydrogen-bond acceptors (Lipinski definition) is 1. The van der Waals surface area contributed by atoms with Gasteiger partial charge in [0.05, 0.1) is 21.1 Å².